The number of nitrogens with zero attached hydrogens (tertiary/aromatic N) is 4. The number of carbonyl (C=O) groups excluding carboxylic acids is 1. The second-order valence-electron chi connectivity index (χ2n) is 7.70. The molecule has 0 spiro atoms. The average Bonchev–Trinajstić information content (AvgIpc) is 2.85. The highest BCUT2D eigenvalue weighted by Gasteiger charge is 2.19. The van der Waals surface area contributed by atoms with Crippen molar-refractivity contribution in [3.63, 3.8) is 0 Å². The molecule has 34 heavy (non-hydrogen) atoms. The van der Waals surface area contributed by atoms with Gasteiger partial charge in [-0.2, -0.15) is 0 Å². The third-order valence-electron chi connectivity index (χ3n) is 5.38. The van der Waals surface area contributed by atoms with Crippen molar-refractivity contribution in [1.82, 2.24) is 25.5 Å². The molecule has 11 nitrogen and oxygen atoms in total. The summed E-state index contributed by atoms with van der Waals surface area (Å²) in [5, 5.41) is 17.2. The van der Waals surface area contributed by atoms with Crippen LogP contribution in [-0.4, -0.2) is 91.4 Å². The number of piperazine rings is 1. The van der Waals surface area contributed by atoms with Crippen molar-refractivity contribution in [1.29, 1.82) is 0 Å². The molecule has 0 aliphatic carbocycles. The first kappa shape index (κ1) is 25.3. The minimum atomic E-state index is -1.13. The molecule has 2 heterocycles. The monoisotopic (exact) mass is 491 g/mol. The lowest BCUT2D eigenvalue weighted by Gasteiger charge is -2.36. The second kappa shape index (κ2) is 12.8. The Morgan fingerprint density at radius 1 is 1.09 bits per heavy atom. The number of halogens is 1. The van der Waals surface area contributed by atoms with Crippen molar-refractivity contribution in [3.05, 3.63) is 41.3 Å². The summed E-state index contributed by atoms with van der Waals surface area (Å²) in [7, 11) is 1.67. The summed E-state index contributed by atoms with van der Waals surface area (Å²) in [4.78, 5) is 35.4. The van der Waals surface area contributed by atoms with Crippen molar-refractivity contribution < 1.29 is 19.4 Å². The summed E-state index contributed by atoms with van der Waals surface area (Å²) in [6.07, 6.45) is 2.72. The Kier molecular flexibility index (Phi) is 9.53. The molecule has 1 aromatic heterocycles. The van der Waals surface area contributed by atoms with Gasteiger partial charge >= 0.3 is 6.09 Å². The molecule has 3 rings (SSSR count). The van der Waals surface area contributed by atoms with Crippen LogP contribution >= 0.6 is 11.6 Å². The van der Waals surface area contributed by atoms with E-state index in [1.165, 1.54) is 12.4 Å². The molecule has 0 saturated carbocycles. The number of ether oxygens (including phenoxy) is 1. The van der Waals surface area contributed by atoms with Crippen LogP contribution in [0.5, 0.6) is 5.75 Å². The van der Waals surface area contributed by atoms with E-state index < -0.39 is 12.0 Å². The summed E-state index contributed by atoms with van der Waals surface area (Å²) >= 11 is 6.17. The first-order valence-electron chi connectivity index (χ1n) is 11.1. The van der Waals surface area contributed by atoms with Gasteiger partial charge in [-0.25, -0.2) is 14.8 Å². The van der Waals surface area contributed by atoms with E-state index in [2.05, 4.69) is 35.7 Å². The Labute approximate surface area is 203 Å². The van der Waals surface area contributed by atoms with Crippen LogP contribution in [0.1, 0.15) is 16.9 Å². The van der Waals surface area contributed by atoms with Gasteiger partial charge in [-0.15, -0.1) is 0 Å². The molecule has 4 N–H and O–H groups in total. The Morgan fingerprint density at radius 2 is 1.85 bits per heavy atom. The lowest BCUT2D eigenvalue weighted by molar-refractivity contribution is 0.0948. The molecule has 1 aliphatic rings. The van der Waals surface area contributed by atoms with Gasteiger partial charge in [0.15, 0.2) is 0 Å². The molecule has 12 heteroatoms. The van der Waals surface area contributed by atoms with Crippen molar-refractivity contribution in [2.45, 2.75) is 6.42 Å². The Bertz CT molecular complexity index is 953. The lowest BCUT2D eigenvalue weighted by atomic mass is 10.2. The highest BCUT2D eigenvalue weighted by molar-refractivity contribution is 6.30. The summed E-state index contributed by atoms with van der Waals surface area (Å²) in [6, 6.07) is 5.69. The van der Waals surface area contributed by atoms with Crippen LogP contribution < -0.4 is 25.6 Å². The fourth-order valence-corrected chi connectivity index (χ4v) is 3.78. The van der Waals surface area contributed by atoms with Crippen molar-refractivity contribution >= 4 is 35.1 Å². The van der Waals surface area contributed by atoms with Gasteiger partial charge in [0.25, 0.3) is 5.91 Å². The van der Waals surface area contributed by atoms with Crippen molar-refractivity contribution in [2.75, 3.05) is 69.7 Å². The Hall–Kier alpha value is -3.31. The van der Waals surface area contributed by atoms with Gasteiger partial charge in [0.2, 0.25) is 0 Å². The van der Waals surface area contributed by atoms with Gasteiger partial charge in [-0.3, -0.25) is 9.69 Å². The summed E-state index contributed by atoms with van der Waals surface area (Å²) in [5.74, 6) is 1.03. The topological polar surface area (TPSA) is 132 Å². The third kappa shape index (κ3) is 7.63. The van der Waals surface area contributed by atoms with E-state index in [1.54, 1.807) is 7.11 Å². The van der Waals surface area contributed by atoms with E-state index in [0.717, 1.165) is 57.1 Å². The van der Waals surface area contributed by atoms with Crippen LogP contribution in [0.25, 0.3) is 0 Å². The number of amides is 2. The summed E-state index contributed by atoms with van der Waals surface area (Å²) in [6.45, 7) is 5.74. The third-order valence-corrected chi connectivity index (χ3v) is 5.62. The fourth-order valence-electron chi connectivity index (χ4n) is 3.61. The van der Waals surface area contributed by atoms with Gasteiger partial charge in [0.05, 0.1) is 25.2 Å². The zero-order chi connectivity index (χ0) is 24.3. The number of carboxylic acid groups (broad SMARTS) is 1. The van der Waals surface area contributed by atoms with Gasteiger partial charge < -0.3 is 30.7 Å². The zero-order valence-electron chi connectivity index (χ0n) is 19.1. The number of aromatic nitrogens is 2. The minimum Gasteiger partial charge on any atom is -0.495 e. The van der Waals surface area contributed by atoms with E-state index in [0.29, 0.717) is 10.8 Å². The maximum Gasteiger partial charge on any atom is 0.404 e. The maximum atomic E-state index is 12.0. The molecule has 1 aromatic carbocycles. The van der Waals surface area contributed by atoms with Crippen LogP contribution in [0, 0.1) is 0 Å². The number of anilines is 2. The number of hydrogen-bond acceptors (Lipinski definition) is 8. The molecule has 0 unspecified atom stereocenters. The van der Waals surface area contributed by atoms with Crippen molar-refractivity contribution in [2.24, 2.45) is 0 Å². The molecule has 2 amide bonds. The highest BCUT2D eigenvalue weighted by atomic mass is 35.5. The van der Waals surface area contributed by atoms with Crippen LogP contribution in [0.4, 0.5) is 16.3 Å². The Morgan fingerprint density at radius 3 is 2.53 bits per heavy atom. The smallest absolute Gasteiger partial charge is 0.404 e. The average molecular weight is 492 g/mol. The number of rotatable bonds is 11. The van der Waals surface area contributed by atoms with E-state index in [9.17, 15) is 9.59 Å². The molecule has 1 fully saturated rings. The Balaban J connectivity index is 1.33. The molecule has 1 saturated heterocycles. The van der Waals surface area contributed by atoms with E-state index >= 15 is 0 Å². The quantitative estimate of drug-likeness (QED) is 0.347. The standard InChI is InChI=1S/C22H30ClN7O4/c1-34-19-4-3-16(23)13-18(19)30-11-9-29(10-12-30)8-2-5-24-20-15-27-17(14-28-20)21(31)25-6-7-26-22(32)33/h3-4,13-15,26H,2,5-12H2,1H3,(H,24,28)(H,25,31)(H,32,33). The van der Waals surface area contributed by atoms with Gasteiger partial charge in [0.1, 0.15) is 17.3 Å². The molecule has 184 valence electrons. The summed E-state index contributed by atoms with van der Waals surface area (Å²) in [5.41, 5.74) is 1.21. The molecule has 0 bridgehead atoms. The van der Waals surface area contributed by atoms with Gasteiger partial charge in [0, 0.05) is 50.8 Å². The predicted molar refractivity (Wildman–Crippen MR) is 130 cm³/mol. The molecular formula is C22H30ClN7O4. The number of nitrogens with one attached hydrogen (secondary N) is 3. The van der Waals surface area contributed by atoms with E-state index in [1.807, 2.05) is 18.2 Å². The number of carbonyl (C=O) groups is 2. The maximum absolute atomic E-state index is 12.0. The van der Waals surface area contributed by atoms with Gasteiger partial charge in [-0.05, 0) is 31.2 Å². The van der Waals surface area contributed by atoms with E-state index in [4.69, 9.17) is 21.4 Å². The van der Waals surface area contributed by atoms with Crippen LogP contribution in [0.15, 0.2) is 30.6 Å². The fraction of sp³-hybridized carbons (Fsp3) is 0.455. The number of benzene rings is 1. The first-order valence-corrected chi connectivity index (χ1v) is 11.5. The first-order chi connectivity index (χ1) is 16.5. The SMILES string of the molecule is COc1ccc(Cl)cc1N1CCN(CCCNc2cnc(C(=O)NCCNC(=O)O)cn2)CC1. The van der Waals surface area contributed by atoms with Gasteiger partial charge in [-0.1, -0.05) is 11.6 Å². The predicted octanol–water partition coefficient (Wildman–Crippen LogP) is 1.76. The zero-order valence-corrected chi connectivity index (χ0v) is 19.8. The van der Waals surface area contributed by atoms with E-state index in [-0.39, 0.29) is 18.8 Å². The highest BCUT2D eigenvalue weighted by Crippen LogP contribution is 2.31. The minimum absolute atomic E-state index is 0.123. The largest absolute Gasteiger partial charge is 0.495 e. The number of methoxy groups -OCH3 is 1. The molecule has 2 aromatic rings. The number of hydrogen-bond donors (Lipinski definition) is 4. The van der Waals surface area contributed by atoms with Crippen LogP contribution in [0.3, 0.4) is 0 Å². The summed E-state index contributed by atoms with van der Waals surface area (Å²) < 4.78 is 5.47. The molecule has 1 aliphatic heterocycles. The lowest BCUT2D eigenvalue weighted by Crippen LogP contribution is -2.47. The molecular weight excluding hydrogens is 462 g/mol. The normalized spacial score (nSPS) is 13.9. The van der Waals surface area contributed by atoms with Crippen LogP contribution in [0.2, 0.25) is 5.02 Å². The van der Waals surface area contributed by atoms with Crippen molar-refractivity contribution in [3.8, 4) is 5.75 Å². The molecule has 0 atom stereocenters. The van der Waals surface area contributed by atoms with Crippen LogP contribution in [-0.2, 0) is 0 Å². The second-order valence-corrected chi connectivity index (χ2v) is 8.14. The molecule has 0 radical (unpaired) electrons.